The zero-order chi connectivity index (χ0) is 17.7. The maximum absolute atomic E-state index is 12.2. The summed E-state index contributed by atoms with van der Waals surface area (Å²) in [6, 6.07) is 8.34. The summed E-state index contributed by atoms with van der Waals surface area (Å²) >= 11 is 5.85. The molecule has 0 spiro atoms. The van der Waals surface area contributed by atoms with Gasteiger partial charge >= 0.3 is 5.97 Å². The monoisotopic (exact) mass is 351 g/mol. The van der Waals surface area contributed by atoms with E-state index in [0.29, 0.717) is 11.4 Å². The lowest BCUT2D eigenvalue weighted by molar-refractivity contribution is 0.0694. The summed E-state index contributed by atoms with van der Waals surface area (Å²) < 4.78 is 10.7. The molecule has 1 aromatic heterocycles. The molecule has 1 unspecified atom stereocenters. The molecule has 0 aliphatic carbocycles. The van der Waals surface area contributed by atoms with Gasteiger partial charge in [0.2, 0.25) is 0 Å². The first-order chi connectivity index (χ1) is 11.5. The predicted octanol–water partition coefficient (Wildman–Crippen LogP) is 3.31. The lowest BCUT2D eigenvalue weighted by atomic mass is 10.1. The van der Waals surface area contributed by atoms with Crippen molar-refractivity contribution in [2.45, 2.75) is 19.4 Å². The number of rotatable bonds is 7. The first-order valence-electron chi connectivity index (χ1n) is 7.38. The normalized spacial score (nSPS) is 12.0. The first-order valence-corrected chi connectivity index (χ1v) is 7.76. The minimum Gasteiger partial charge on any atom is -0.478 e. The van der Waals surface area contributed by atoms with Crippen molar-refractivity contribution in [2.75, 3.05) is 13.7 Å². The molecule has 0 bridgehead atoms. The summed E-state index contributed by atoms with van der Waals surface area (Å²) in [6.45, 7) is 1.97. The summed E-state index contributed by atoms with van der Waals surface area (Å²) in [5.41, 5.74) is 0.866. The van der Waals surface area contributed by atoms with Gasteiger partial charge in [-0.05, 0) is 17.7 Å². The summed E-state index contributed by atoms with van der Waals surface area (Å²) in [4.78, 5) is 23.3. The molecule has 2 rings (SSSR count). The van der Waals surface area contributed by atoms with Crippen molar-refractivity contribution in [1.29, 1.82) is 0 Å². The molecule has 0 saturated heterocycles. The number of carbonyl (C=O) groups is 2. The lowest BCUT2D eigenvalue weighted by Gasteiger charge is -2.16. The smallest absolute Gasteiger partial charge is 0.339 e. The molecule has 0 radical (unpaired) electrons. The van der Waals surface area contributed by atoms with Crippen molar-refractivity contribution in [2.24, 2.45) is 0 Å². The molecule has 0 saturated carbocycles. The summed E-state index contributed by atoms with van der Waals surface area (Å²) in [5.74, 6) is -1.37. The number of aryl methyl sites for hydroxylation is 1. The van der Waals surface area contributed by atoms with Crippen molar-refractivity contribution < 1.29 is 23.8 Å². The number of amides is 1. The van der Waals surface area contributed by atoms with Crippen molar-refractivity contribution >= 4 is 23.5 Å². The van der Waals surface area contributed by atoms with Crippen LogP contribution in [-0.2, 0) is 11.2 Å². The van der Waals surface area contributed by atoms with Crippen LogP contribution in [0.1, 0.15) is 45.3 Å². The Labute approximate surface area is 144 Å². The van der Waals surface area contributed by atoms with Crippen LogP contribution in [0.5, 0.6) is 0 Å². The zero-order valence-electron chi connectivity index (χ0n) is 13.3. The number of hydrogen-bond donors (Lipinski definition) is 2. The van der Waals surface area contributed by atoms with E-state index in [0.717, 1.165) is 5.56 Å². The Morgan fingerprint density at radius 2 is 2.00 bits per heavy atom. The van der Waals surface area contributed by atoms with Crippen LogP contribution in [-0.4, -0.2) is 30.6 Å². The fraction of sp³-hybridized carbons (Fsp3) is 0.294. The van der Waals surface area contributed by atoms with E-state index in [9.17, 15) is 9.59 Å². The van der Waals surface area contributed by atoms with E-state index in [1.165, 1.54) is 13.2 Å². The van der Waals surface area contributed by atoms with Crippen LogP contribution < -0.4 is 5.32 Å². The summed E-state index contributed by atoms with van der Waals surface area (Å²) in [5, 5.41) is 12.4. The fourth-order valence-electron chi connectivity index (χ4n) is 2.27. The van der Waals surface area contributed by atoms with Gasteiger partial charge in [0, 0.05) is 31.2 Å². The largest absolute Gasteiger partial charge is 0.478 e. The number of aromatic carboxylic acids is 1. The number of carbonyl (C=O) groups excluding carboxylic acids is 1. The third-order valence-corrected chi connectivity index (χ3v) is 3.81. The van der Waals surface area contributed by atoms with Gasteiger partial charge in [0.05, 0.1) is 6.10 Å². The number of hydrogen-bond acceptors (Lipinski definition) is 4. The molecular weight excluding hydrogens is 334 g/mol. The molecule has 0 fully saturated rings. The second-order valence-corrected chi connectivity index (χ2v) is 5.53. The van der Waals surface area contributed by atoms with Crippen molar-refractivity contribution in [3.63, 3.8) is 0 Å². The standard InChI is InChI=1S/C17H18ClNO5/c1-3-13-12(17(21)22)8-14(24-13)16(20)19-9-15(23-2)10-4-6-11(18)7-5-10/h4-8,15H,3,9H2,1-2H3,(H,19,20)(H,21,22). The molecule has 2 N–H and O–H groups in total. The Morgan fingerprint density at radius 3 is 2.50 bits per heavy atom. The highest BCUT2D eigenvalue weighted by Gasteiger charge is 2.21. The number of halogens is 1. The van der Waals surface area contributed by atoms with Gasteiger partial charge in [-0.15, -0.1) is 0 Å². The van der Waals surface area contributed by atoms with Gasteiger partial charge in [0.1, 0.15) is 11.3 Å². The van der Waals surface area contributed by atoms with Gasteiger partial charge in [0.25, 0.3) is 5.91 Å². The van der Waals surface area contributed by atoms with Crippen LogP contribution in [0.4, 0.5) is 0 Å². The van der Waals surface area contributed by atoms with Gasteiger partial charge in [-0.2, -0.15) is 0 Å². The number of benzene rings is 1. The van der Waals surface area contributed by atoms with Crippen LogP contribution in [0.15, 0.2) is 34.7 Å². The number of ether oxygens (including phenoxy) is 1. The Kier molecular flexibility index (Phi) is 6.00. The third kappa shape index (κ3) is 4.15. The highest BCUT2D eigenvalue weighted by atomic mass is 35.5. The Morgan fingerprint density at radius 1 is 1.33 bits per heavy atom. The molecule has 128 valence electrons. The number of methoxy groups -OCH3 is 1. The Bertz CT molecular complexity index is 723. The highest BCUT2D eigenvalue weighted by molar-refractivity contribution is 6.30. The maximum atomic E-state index is 12.2. The number of nitrogens with one attached hydrogen (secondary N) is 1. The molecule has 1 atom stereocenters. The molecule has 7 heteroatoms. The van der Waals surface area contributed by atoms with E-state index in [2.05, 4.69) is 5.32 Å². The van der Waals surface area contributed by atoms with Gasteiger partial charge in [-0.3, -0.25) is 4.79 Å². The Hall–Kier alpha value is -2.31. The second kappa shape index (κ2) is 7.99. The lowest BCUT2D eigenvalue weighted by Crippen LogP contribution is -2.28. The van der Waals surface area contributed by atoms with E-state index >= 15 is 0 Å². The third-order valence-electron chi connectivity index (χ3n) is 3.56. The fourth-order valence-corrected chi connectivity index (χ4v) is 2.40. The van der Waals surface area contributed by atoms with Crippen LogP contribution >= 0.6 is 11.6 Å². The van der Waals surface area contributed by atoms with Crippen molar-refractivity contribution in [1.82, 2.24) is 5.32 Å². The molecule has 1 aromatic carbocycles. The minimum absolute atomic E-state index is 0.00337. The average molecular weight is 352 g/mol. The molecule has 2 aromatic rings. The van der Waals surface area contributed by atoms with Gasteiger partial charge < -0.3 is 19.6 Å². The topological polar surface area (TPSA) is 88.8 Å². The number of carboxylic acids is 1. The van der Waals surface area contributed by atoms with Gasteiger partial charge in [-0.25, -0.2) is 4.79 Å². The van der Waals surface area contributed by atoms with Crippen LogP contribution in [0.3, 0.4) is 0 Å². The van der Waals surface area contributed by atoms with Crippen LogP contribution in [0, 0.1) is 0 Å². The molecule has 1 heterocycles. The van der Waals surface area contributed by atoms with Crippen LogP contribution in [0.2, 0.25) is 5.02 Å². The number of furan rings is 1. The summed E-state index contributed by atoms with van der Waals surface area (Å²) in [6.07, 6.45) is 0.0335. The predicted molar refractivity (Wildman–Crippen MR) is 88.6 cm³/mol. The number of carboxylic acid groups (broad SMARTS) is 1. The van der Waals surface area contributed by atoms with Crippen molar-refractivity contribution in [3.8, 4) is 0 Å². The van der Waals surface area contributed by atoms with Gasteiger partial charge in [0.15, 0.2) is 5.76 Å². The average Bonchev–Trinajstić information content (AvgIpc) is 3.01. The van der Waals surface area contributed by atoms with Gasteiger partial charge in [-0.1, -0.05) is 30.7 Å². The SMILES string of the molecule is CCc1oc(C(=O)NCC(OC)c2ccc(Cl)cc2)cc1C(=O)O. The van der Waals surface area contributed by atoms with E-state index in [4.69, 9.17) is 25.9 Å². The van der Waals surface area contributed by atoms with E-state index in [-0.39, 0.29) is 29.7 Å². The van der Waals surface area contributed by atoms with Crippen molar-refractivity contribution in [3.05, 3.63) is 58.0 Å². The molecular formula is C17H18ClNO5. The van der Waals surface area contributed by atoms with E-state index in [1.807, 2.05) is 12.1 Å². The van der Waals surface area contributed by atoms with Crippen LogP contribution in [0.25, 0.3) is 0 Å². The molecule has 0 aliphatic heterocycles. The zero-order valence-corrected chi connectivity index (χ0v) is 14.1. The van der Waals surface area contributed by atoms with E-state index < -0.39 is 11.9 Å². The summed E-state index contributed by atoms with van der Waals surface area (Å²) in [7, 11) is 1.54. The molecule has 0 aliphatic rings. The maximum Gasteiger partial charge on any atom is 0.339 e. The second-order valence-electron chi connectivity index (χ2n) is 5.09. The quantitative estimate of drug-likeness (QED) is 0.798. The molecule has 1 amide bonds. The molecule has 6 nitrogen and oxygen atoms in total. The molecule has 24 heavy (non-hydrogen) atoms. The van der Waals surface area contributed by atoms with E-state index in [1.54, 1.807) is 19.1 Å². The first kappa shape index (κ1) is 18.0. The highest BCUT2D eigenvalue weighted by Crippen LogP contribution is 2.20. The Balaban J connectivity index is 2.06. The minimum atomic E-state index is -1.12.